The van der Waals surface area contributed by atoms with Gasteiger partial charge in [-0.2, -0.15) is 0 Å². The number of ether oxygens (including phenoxy) is 2. The molecule has 0 radical (unpaired) electrons. The lowest BCUT2D eigenvalue weighted by molar-refractivity contribution is 0.174. The molecule has 0 saturated carbocycles. The number of nitrogens with zero attached hydrogens (tertiary/aromatic N) is 3. The van der Waals surface area contributed by atoms with Crippen molar-refractivity contribution in [1.29, 1.82) is 0 Å². The summed E-state index contributed by atoms with van der Waals surface area (Å²) in [6, 6.07) is 13.9. The van der Waals surface area contributed by atoms with Gasteiger partial charge in [-0.15, -0.1) is 0 Å². The highest BCUT2D eigenvalue weighted by molar-refractivity contribution is 5.90. The molecule has 6 heteroatoms. The molecule has 0 aliphatic carbocycles. The number of hydrogen-bond acceptors (Lipinski definition) is 6. The summed E-state index contributed by atoms with van der Waals surface area (Å²) in [6.07, 6.45) is 2.52. The van der Waals surface area contributed by atoms with Crippen LogP contribution in [0.25, 0.3) is 10.9 Å². The van der Waals surface area contributed by atoms with Crippen molar-refractivity contribution in [3.05, 3.63) is 48.3 Å². The van der Waals surface area contributed by atoms with Crippen LogP contribution in [0.15, 0.2) is 42.5 Å². The smallest absolute Gasteiger partial charge is 0.231 e. The number of likely N-dealkylation sites (tertiary alicyclic amines) is 1. The van der Waals surface area contributed by atoms with E-state index in [1.54, 1.807) is 0 Å². The number of hydrogen-bond donors (Lipinski definition) is 1. The average molecular weight is 348 g/mol. The van der Waals surface area contributed by atoms with Gasteiger partial charge in [-0.1, -0.05) is 12.1 Å². The molecule has 1 N–H and O–H groups in total. The van der Waals surface area contributed by atoms with Gasteiger partial charge in [0, 0.05) is 17.1 Å². The van der Waals surface area contributed by atoms with Crippen LogP contribution >= 0.6 is 0 Å². The highest BCUT2D eigenvalue weighted by Gasteiger charge is 2.17. The van der Waals surface area contributed by atoms with Crippen LogP contribution in [0.5, 0.6) is 11.5 Å². The summed E-state index contributed by atoms with van der Waals surface area (Å²) in [5.74, 6) is 3.21. The van der Waals surface area contributed by atoms with Gasteiger partial charge in [-0.3, -0.25) is 4.90 Å². The fraction of sp³-hybridized carbons (Fsp3) is 0.300. The molecule has 6 nitrogen and oxygen atoms in total. The highest BCUT2D eigenvalue weighted by atomic mass is 16.7. The van der Waals surface area contributed by atoms with E-state index in [0.29, 0.717) is 0 Å². The molecule has 0 amide bonds. The molecule has 5 rings (SSSR count). The minimum Gasteiger partial charge on any atom is -0.454 e. The van der Waals surface area contributed by atoms with Crippen LogP contribution in [-0.4, -0.2) is 34.8 Å². The number of aromatic nitrogens is 2. The molecule has 2 aliphatic rings. The number of nitrogens with one attached hydrogen (secondary N) is 1. The average Bonchev–Trinajstić information content (AvgIpc) is 3.33. The molecular formula is C20H20N4O2. The van der Waals surface area contributed by atoms with Gasteiger partial charge in [0.15, 0.2) is 11.5 Å². The first kappa shape index (κ1) is 15.4. The molecule has 3 aromatic rings. The fourth-order valence-electron chi connectivity index (χ4n) is 3.54. The Kier molecular flexibility index (Phi) is 3.83. The van der Waals surface area contributed by atoms with Crippen LogP contribution in [0.4, 0.5) is 11.5 Å². The Morgan fingerprint density at radius 3 is 2.73 bits per heavy atom. The van der Waals surface area contributed by atoms with Gasteiger partial charge < -0.3 is 14.8 Å². The zero-order chi connectivity index (χ0) is 17.3. The molecule has 26 heavy (non-hydrogen) atoms. The van der Waals surface area contributed by atoms with Crippen molar-refractivity contribution in [2.45, 2.75) is 19.4 Å². The lowest BCUT2D eigenvalue weighted by Gasteiger charge is -2.15. The second-order valence-corrected chi connectivity index (χ2v) is 6.68. The SMILES string of the molecule is c1ccc2c(Nc3ccc4c(c3)OCO4)nc(CN3CCCC3)nc2c1. The van der Waals surface area contributed by atoms with Gasteiger partial charge in [0.1, 0.15) is 11.6 Å². The Morgan fingerprint density at radius 1 is 0.962 bits per heavy atom. The zero-order valence-corrected chi connectivity index (χ0v) is 14.4. The molecule has 1 aromatic heterocycles. The summed E-state index contributed by atoms with van der Waals surface area (Å²) >= 11 is 0. The van der Waals surface area contributed by atoms with Gasteiger partial charge in [-0.05, 0) is 50.2 Å². The van der Waals surface area contributed by atoms with E-state index in [2.05, 4.69) is 10.2 Å². The number of rotatable bonds is 4. The third-order valence-corrected chi connectivity index (χ3v) is 4.85. The molecule has 0 spiro atoms. The minimum absolute atomic E-state index is 0.273. The van der Waals surface area contributed by atoms with Crippen molar-refractivity contribution < 1.29 is 9.47 Å². The monoisotopic (exact) mass is 348 g/mol. The molecule has 2 aromatic carbocycles. The van der Waals surface area contributed by atoms with Crippen LogP contribution < -0.4 is 14.8 Å². The minimum atomic E-state index is 0.273. The first-order valence-corrected chi connectivity index (χ1v) is 9.00. The first-order chi connectivity index (χ1) is 12.8. The Labute approximate surface area is 151 Å². The molecule has 1 fully saturated rings. The lowest BCUT2D eigenvalue weighted by atomic mass is 10.2. The maximum Gasteiger partial charge on any atom is 0.231 e. The Hall–Kier alpha value is -2.86. The molecule has 2 aliphatic heterocycles. The van der Waals surface area contributed by atoms with E-state index in [-0.39, 0.29) is 6.79 Å². The maximum absolute atomic E-state index is 5.48. The molecule has 132 valence electrons. The van der Waals surface area contributed by atoms with Crippen molar-refractivity contribution in [1.82, 2.24) is 14.9 Å². The van der Waals surface area contributed by atoms with E-state index in [1.807, 2.05) is 42.5 Å². The van der Waals surface area contributed by atoms with Crippen molar-refractivity contribution >= 4 is 22.4 Å². The molecular weight excluding hydrogens is 328 g/mol. The van der Waals surface area contributed by atoms with Crippen molar-refractivity contribution in [2.24, 2.45) is 0 Å². The van der Waals surface area contributed by atoms with Crippen LogP contribution in [0.3, 0.4) is 0 Å². The number of benzene rings is 2. The number of para-hydroxylation sites is 1. The first-order valence-electron chi connectivity index (χ1n) is 9.00. The third kappa shape index (κ3) is 2.93. The van der Waals surface area contributed by atoms with Crippen molar-refractivity contribution in [3.8, 4) is 11.5 Å². The highest BCUT2D eigenvalue weighted by Crippen LogP contribution is 2.35. The molecule has 1 saturated heterocycles. The summed E-state index contributed by atoms with van der Waals surface area (Å²) in [7, 11) is 0. The van der Waals surface area contributed by atoms with E-state index in [4.69, 9.17) is 19.4 Å². The summed E-state index contributed by atoms with van der Waals surface area (Å²) in [5, 5.41) is 4.45. The van der Waals surface area contributed by atoms with Crippen molar-refractivity contribution in [2.75, 3.05) is 25.2 Å². The summed E-state index contributed by atoms with van der Waals surface area (Å²) in [6.45, 7) is 3.32. The Bertz CT molecular complexity index is 954. The Morgan fingerprint density at radius 2 is 1.81 bits per heavy atom. The van der Waals surface area contributed by atoms with Gasteiger partial charge >= 0.3 is 0 Å². The molecule has 0 bridgehead atoms. The number of anilines is 2. The summed E-state index contributed by atoms with van der Waals surface area (Å²) < 4.78 is 10.9. The van der Waals surface area contributed by atoms with Gasteiger partial charge in [0.25, 0.3) is 0 Å². The third-order valence-electron chi connectivity index (χ3n) is 4.85. The second kappa shape index (κ2) is 6.46. The second-order valence-electron chi connectivity index (χ2n) is 6.68. The molecule has 0 unspecified atom stereocenters. The van der Waals surface area contributed by atoms with Crippen LogP contribution in [0, 0.1) is 0 Å². The van der Waals surface area contributed by atoms with Crippen molar-refractivity contribution in [3.63, 3.8) is 0 Å². The zero-order valence-electron chi connectivity index (χ0n) is 14.4. The van der Waals surface area contributed by atoms with E-state index in [0.717, 1.165) is 59.4 Å². The van der Waals surface area contributed by atoms with E-state index >= 15 is 0 Å². The lowest BCUT2D eigenvalue weighted by Crippen LogP contribution is -2.20. The normalized spacial score (nSPS) is 16.3. The summed E-state index contributed by atoms with van der Waals surface area (Å²) in [5.41, 5.74) is 1.88. The largest absolute Gasteiger partial charge is 0.454 e. The van der Waals surface area contributed by atoms with E-state index in [9.17, 15) is 0 Å². The van der Waals surface area contributed by atoms with Crippen LogP contribution in [-0.2, 0) is 6.54 Å². The predicted octanol–water partition coefficient (Wildman–Crippen LogP) is 3.70. The van der Waals surface area contributed by atoms with Crippen LogP contribution in [0.2, 0.25) is 0 Å². The summed E-state index contributed by atoms with van der Waals surface area (Å²) in [4.78, 5) is 12.0. The van der Waals surface area contributed by atoms with Gasteiger partial charge in [-0.25, -0.2) is 9.97 Å². The van der Waals surface area contributed by atoms with Gasteiger partial charge in [0.2, 0.25) is 6.79 Å². The molecule has 0 atom stereocenters. The fourth-order valence-corrected chi connectivity index (χ4v) is 3.54. The van der Waals surface area contributed by atoms with E-state index in [1.165, 1.54) is 12.8 Å². The maximum atomic E-state index is 5.48. The Balaban J connectivity index is 1.50. The van der Waals surface area contributed by atoms with E-state index < -0.39 is 0 Å². The quantitative estimate of drug-likeness (QED) is 0.776. The topological polar surface area (TPSA) is 59.5 Å². The predicted molar refractivity (Wildman–Crippen MR) is 99.9 cm³/mol. The number of fused-ring (bicyclic) bond motifs is 2. The molecule has 3 heterocycles. The van der Waals surface area contributed by atoms with Gasteiger partial charge in [0.05, 0.1) is 12.1 Å². The standard InChI is InChI=1S/C20H20N4O2/c1-2-6-16-15(5-1)20(23-19(22-16)12-24-9-3-4-10-24)21-14-7-8-17-18(11-14)26-13-25-17/h1-2,5-8,11H,3-4,9-10,12-13H2,(H,21,22,23). The van der Waals surface area contributed by atoms with Crippen LogP contribution in [0.1, 0.15) is 18.7 Å².